The number of esters is 1. The van der Waals surface area contributed by atoms with Gasteiger partial charge in [-0.3, -0.25) is 14.5 Å². The fourth-order valence-electron chi connectivity index (χ4n) is 5.38. The van der Waals surface area contributed by atoms with Gasteiger partial charge in [0.25, 0.3) is 5.91 Å². The lowest BCUT2D eigenvalue weighted by Crippen LogP contribution is -2.63. The molecule has 0 aromatic heterocycles. The third kappa shape index (κ3) is 4.25. The Morgan fingerprint density at radius 2 is 1.85 bits per heavy atom. The Kier molecular flexibility index (Phi) is 5.66. The van der Waals surface area contributed by atoms with Crippen LogP contribution in [0.4, 0.5) is 0 Å². The molecule has 0 unspecified atom stereocenters. The van der Waals surface area contributed by atoms with Crippen molar-refractivity contribution in [2.24, 2.45) is 0 Å². The van der Waals surface area contributed by atoms with Crippen LogP contribution in [0.2, 0.25) is 0 Å². The molecular weight excluding hydrogens is 418 g/mol. The lowest BCUT2D eigenvalue weighted by molar-refractivity contribution is -0.122. The zero-order valence-electron chi connectivity index (χ0n) is 18.8. The van der Waals surface area contributed by atoms with E-state index in [0.717, 1.165) is 49.9 Å². The SMILES string of the molecule is Cc1cccc(C(=O)NCC(=O)NC2CN([C@H]3CC[C@@]4(CC3)OC(=O)c3ccccc34)C2)c1. The Morgan fingerprint density at radius 3 is 2.61 bits per heavy atom. The van der Waals surface area contributed by atoms with Crippen LogP contribution in [-0.2, 0) is 15.1 Å². The molecule has 0 bridgehead atoms. The number of ether oxygens (including phenoxy) is 1. The van der Waals surface area contributed by atoms with Crippen molar-refractivity contribution in [1.82, 2.24) is 15.5 Å². The number of benzene rings is 2. The number of rotatable bonds is 5. The van der Waals surface area contributed by atoms with E-state index in [9.17, 15) is 14.4 Å². The summed E-state index contributed by atoms with van der Waals surface area (Å²) in [7, 11) is 0. The number of fused-ring (bicyclic) bond motifs is 2. The molecule has 172 valence electrons. The number of likely N-dealkylation sites (tertiary alicyclic amines) is 1. The van der Waals surface area contributed by atoms with Crippen molar-refractivity contribution >= 4 is 17.8 Å². The maximum Gasteiger partial charge on any atom is 0.339 e. The average Bonchev–Trinajstić information content (AvgIpc) is 3.07. The van der Waals surface area contributed by atoms with E-state index in [1.165, 1.54) is 0 Å². The predicted octanol–water partition coefficient (Wildman–Crippen LogP) is 2.53. The fourth-order valence-corrected chi connectivity index (χ4v) is 5.38. The monoisotopic (exact) mass is 447 g/mol. The molecule has 2 aromatic carbocycles. The van der Waals surface area contributed by atoms with Crippen LogP contribution in [0.5, 0.6) is 0 Å². The molecule has 2 heterocycles. The van der Waals surface area contributed by atoms with E-state index in [-0.39, 0.29) is 30.4 Å². The molecule has 2 aliphatic heterocycles. The summed E-state index contributed by atoms with van der Waals surface area (Å²) in [6.07, 6.45) is 3.60. The summed E-state index contributed by atoms with van der Waals surface area (Å²) in [5, 5.41) is 5.69. The van der Waals surface area contributed by atoms with E-state index < -0.39 is 5.60 Å². The zero-order chi connectivity index (χ0) is 23.0. The molecule has 5 rings (SSSR count). The van der Waals surface area contributed by atoms with Gasteiger partial charge >= 0.3 is 5.97 Å². The van der Waals surface area contributed by atoms with Crippen molar-refractivity contribution in [3.05, 3.63) is 70.8 Å². The number of carbonyl (C=O) groups is 3. The molecule has 3 aliphatic rings. The van der Waals surface area contributed by atoms with Crippen molar-refractivity contribution < 1.29 is 19.1 Å². The number of amides is 2. The van der Waals surface area contributed by atoms with Crippen LogP contribution in [0.1, 0.15) is 57.5 Å². The Labute approximate surface area is 193 Å². The quantitative estimate of drug-likeness (QED) is 0.688. The van der Waals surface area contributed by atoms with Crippen LogP contribution in [0.15, 0.2) is 48.5 Å². The van der Waals surface area contributed by atoms with Crippen LogP contribution >= 0.6 is 0 Å². The van der Waals surface area contributed by atoms with Gasteiger partial charge in [0.05, 0.1) is 18.2 Å². The molecule has 2 fully saturated rings. The van der Waals surface area contributed by atoms with E-state index >= 15 is 0 Å². The summed E-state index contributed by atoms with van der Waals surface area (Å²) in [4.78, 5) is 39.1. The van der Waals surface area contributed by atoms with Gasteiger partial charge in [-0.1, -0.05) is 35.9 Å². The Hall–Kier alpha value is -3.19. The summed E-state index contributed by atoms with van der Waals surface area (Å²) < 4.78 is 5.85. The minimum atomic E-state index is -0.460. The number of nitrogens with one attached hydrogen (secondary N) is 2. The highest BCUT2D eigenvalue weighted by atomic mass is 16.6. The second-order valence-electron chi connectivity index (χ2n) is 9.43. The maximum atomic E-state index is 12.3. The minimum Gasteiger partial charge on any atom is -0.451 e. The fraction of sp³-hybridized carbons (Fsp3) is 0.423. The van der Waals surface area contributed by atoms with Crippen LogP contribution in [0.25, 0.3) is 0 Å². The number of aryl methyl sites for hydroxylation is 1. The maximum absolute atomic E-state index is 12.3. The molecule has 1 aliphatic carbocycles. The third-order valence-corrected chi connectivity index (χ3v) is 7.17. The van der Waals surface area contributed by atoms with Gasteiger partial charge in [0.15, 0.2) is 0 Å². The molecule has 7 heteroatoms. The highest BCUT2D eigenvalue weighted by Gasteiger charge is 2.48. The first-order valence-electron chi connectivity index (χ1n) is 11.6. The van der Waals surface area contributed by atoms with Crippen molar-refractivity contribution in [2.75, 3.05) is 19.6 Å². The average molecular weight is 448 g/mol. The molecule has 1 saturated heterocycles. The first-order chi connectivity index (χ1) is 15.9. The van der Waals surface area contributed by atoms with Crippen LogP contribution in [0, 0.1) is 6.92 Å². The van der Waals surface area contributed by atoms with Crippen molar-refractivity contribution in [2.45, 2.75) is 50.3 Å². The topological polar surface area (TPSA) is 87.7 Å². The predicted molar refractivity (Wildman–Crippen MR) is 123 cm³/mol. The van der Waals surface area contributed by atoms with E-state index in [2.05, 4.69) is 15.5 Å². The summed E-state index contributed by atoms with van der Waals surface area (Å²) in [5.41, 5.74) is 2.85. The first-order valence-corrected chi connectivity index (χ1v) is 11.6. The van der Waals surface area contributed by atoms with Gasteiger partial charge in [0, 0.05) is 30.3 Å². The standard InChI is InChI=1S/C26H29N3O4/c1-17-5-4-6-18(13-17)24(31)27-14-23(30)28-19-15-29(16-19)20-9-11-26(12-10-20)22-8-3-2-7-21(22)25(32)33-26/h2-8,13,19-20H,9-12,14-16H2,1H3,(H,27,31)(H,28,30)/t20-,26-. The van der Waals surface area contributed by atoms with Gasteiger partial charge in [-0.25, -0.2) is 4.79 Å². The van der Waals surface area contributed by atoms with Gasteiger partial charge in [-0.2, -0.15) is 0 Å². The molecular formula is C26H29N3O4. The highest BCUT2D eigenvalue weighted by molar-refractivity contribution is 5.96. The smallest absolute Gasteiger partial charge is 0.339 e. The third-order valence-electron chi connectivity index (χ3n) is 7.17. The van der Waals surface area contributed by atoms with Gasteiger partial charge in [0.1, 0.15) is 5.60 Å². The molecule has 33 heavy (non-hydrogen) atoms. The van der Waals surface area contributed by atoms with E-state index in [1.54, 1.807) is 12.1 Å². The summed E-state index contributed by atoms with van der Waals surface area (Å²) in [6.45, 7) is 3.52. The molecule has 2 aromatic rings. The lowest BCUT2D eigenvalue weighted by atomic mass is 9.76. The highest BCUT2D eigenvalue weighted by Crippen LogP contribution is 2.47. The molecule has 2 amide bonds. The van der Waals surface area contributed by atoms with Crippen molar-refractivity contribution in [3.63, 3.8) is 0 Å². The van der Waals surface area contributed by atoms with Gasteiger partial charge < -0.3 is 15.4 Å². The van der Waals surface area contributed by atoms with Gasteiger partial charge in [-0.15, -0.1) is 0 Å². The van der Waals surface area contributed by atoms with E-state index in [4.69, 9.17) is 4.74 Å². The molecule has 7 nitrogen and oxygen atoms in total. The van der Waals surface area contributed by atoms with Gasteiger partial charge in [-0.05, 0) is 50.8 Å². The number of hydrogen-bond donors (Lipinski definition) is 2. The largest absolute Gasteiger partial charge is 0.451 e. The first kappa shape index (κ1) is 21.6. The van der Waals surface area contributed by atoms with Crippen LogP contribution in [0.3, 0.4) is 0 Å². The summed E-state index contributed by atoms with van der Waals surface area (Å²) >= 11 is 0. The zero-order valence-corrected chi connectivity index (χ0v) is 18.8. The van der Waals surface area contributed by atoms with Crippen LogP contribution < -0.4 is 10.6 Å². The second kappa shape index (κ2) is 8.63. The van der Waals surface area contributed by atoms with Gasteiger partial charge in [0.2, 0.25) is 5.91 Å². The Bertz CT molecular complexity index is 1080. The molecule has 1 saturated carbocycles. The lowest BCUT2D eigenvalue weighted by Gasteiger charge is -2.48. The Morgan fingerprint density at radius 1 is 1.09 bits per heavy atom. The van der Waals surface area contributed by atoms with Crippen molar-refractivity contribution in [3.8, 4) is 0 Å². The van der Waals surface area contributed by atoms with E-state index in [1.807, 2.05) is 43.3 Å². The second-order valence-corrected chi connectivity index (χ2v) is 9.43. The molecule has 0 atom stereocenters. The summed E-state index contributed by atoms with van der Waals surface area (Å²) in [5.74, 6) is -0.614. The van der Waals surface area contributed by atoms with Crippen LogP contribution in [-0.4, -0.2) is 54.4 Å². The Balaban J connectivity index is 1.05. The number of nitrogens with zero attached hydrogens (tertiary/aromatic N) is 1. The number of carbonyl (C=O) groups excluding carboxylic acids is 3. The minimum absolute atomic E-state index is 0.0278. The molecule has 0 radical (unpaired) electrons. The molecule has 2 N–H and O–H groups in total. The number of hydrogen-bond acceptors (Lipinski definition) is 5. The summed E-state index contributed by atoms with van der Waals surface area (Å²) in [6, 6.07) is 15.6. The van der Waals surface area contributed by atoms with Crippen molar-refractivity contribution in [1.29, 1.82) is 0 Å². The normalized spacial score (nSPS) is 24.6. The molecule has 1 spiro atoms. The van der Waals surface area contributed by atoms with E-state index in [0.29, 0.717) is 17.2 Å².